The number of rotatable bonds is 3. The molecule has 2 amide bonds. The summed E-state index contributed by atoms with van der Waals surface area (Å²) in [4.78, 5) is 44.4. The molecule has 8 heteroatoms. The molecule has 0 bridgehead atoms. The first-order valence-electron chi connectivity index (χ1n) is 8.80. The van der Waals surface area contributed by atoms with E-state index in [1.165, 1.54) is 5.56 Å². The van der Waals surface area contributed by atoms with Crippen LogP contribution in [0.15, 0.2) is 33.8 Å². The van der Waals surface area contributed by atoms with Gasteiger partial charge in [-0.2, -0.15) is 0 Å². The first kappa shape index (κ1) is 16.6. The lowest BCUT2D eigenvalue weighted by atomic mass is 10.00. The van der Waals surface area contributed by atoms with Gasteiger partial charge in [-0.1, -0.05) is 6.07 Å². The van der Waals surface area contributed by atoms with Crippen molar-refractivity contribution in [3.63, 3.8) is 0 Å². The maximum atomic E-state index is 12.8. The van der Waals surface area contributed by atoms with E-state index in [0.29, 0.717) is 32.4 Å². The van der Waals surface area contributed by atoms with E-state index in [2.05, 4.69) is 19.7 Å². The Morgan fingerprint density at radius 2 is 2.08 bits per heavy atom. The number of hydrogen-bond donors (Lipinski definition) is 2. The van der Waals surface area contributed by atoms with Gasteiger partial charge in [-0.15, -0.1) is 0 Å². The van der Waals surface area contributed by atoms with E-state index in [1.807, 2.05) is 17.0 Å². The smallest absolute Gasteiger partial charge is 0.416 e. The van der Waals surface area contributed by atoms with Gasteiger partial charge >= 0.3 is 5.76 Å². The van der Waals surface area contributed by atoms with Gasteiger partial charge in [0.05, 0.1) is 0 Å². The fourth-order valence-corrected chi connectivity index (χ4v) is 3.74. The van der Waals surface area contributed by atoms with Crippen LogP contribution in [0.25, 0.3) is 0 Å². The number of aromatic nitrogens is 2. The minimum absolute atomic E-state index is 0.0209. The molecule has 1 aliphatic heterocycles. The van der Waals surface area contributed by atoms with E-state index in [4.69, 9.17) is 0 Å². The Labute approximate surface area is 149 Å². The topological polar surface area (TPSA) is 108 Å². The van der Waals surface area contributed by atoms with Crippen molar-refractivity contribution in [3.05, 3.63) is 52.1 Å². The van der Waals surface area contributed by atoms with Crippen molar-refractivity contribution in [2.24, 2.45) is 5.92 Å². The molecule has 1 atom stereocenters. The van der Waals surface area contributed by atoms with Crippen molar-refractivity contribution in [1.29, 1.82) is 0 Å². The summed E-state index contributed by atoms with van der Waals surface area (Å²) in [5.74, 6) is -0.866. The predicted octanol–water partition coefficient (Wildman–Crippen LogP) is 0.499. The zero-order valence-electron chi connectivity index (χ0n) is 14.2. The number of H-pyrrole nitrogens is 1. The van der Waals surface area contributed by atoms with Crippen molar-refractivity contribution in [1.82, 2.24) is 20.2 Å². The van der Waals surface area contributed by atoms with Gasteiger partial charge in [0.1, 0.15) is 12.0 Å². The van der Waals surface area contributed by atoms with Crippen LogP contribution in [0, 0.1) is 5.92 Å². The second kappa shape index (κ2) is 6.78. The molecule has 2 aromatic heterocycles. The normalized spacial score (nSPS) is 20.0. The highest BCUT2D eigenvalue weighted by molar-refractivity contribution is 5.92. The van der Waals surface area contributed by atoms with Gasteiger partial charge in [0.25, 0.3) is 5.91 Å². The van der Waals surface area contributed by atoms with Gasteiger partial charge in [0.2, 0.25) is 5.91 Å². The van der Waals surface area contributed by atoms with E-state index < -0.39 is 5.76 Å². The molecule has 1 unspecified atom stereocenters. The maximum absolute atomic E-state index is 12.8. The van der Waals surface area contributed by atoms with E-state index in [-0.39, 0.29) is 29.5 Å². The molecule has 2 N–H and O–H groups in total. The molecule has 1 fully saturated rings. The molecule has 1 aliphatic carbocycles. The molecule has 4 rings (SSSR count). The quantitative estimate of drug-likeness (QED) is 0.832. The van der Waals surface area contributed by atoms with Crippen LogP contribution in [0.3, 0.4) is 0 Å². The van der Waals surface area contributed by atoms with Crippen molar-refractivity contribution in [2.75, 3.05) is 13.1 Å². The molecule has 0 saturated carbocycles. The van der Waals surface area contributed by atoms with Crippen LogP contribution in [-0.4, -0.2) is 45.8 Å². The standard InChI is InChI=1S/C18H20N4O4/c23-16(15-10-26-18(25)21-15)20-13-3-6-22(7-4-13)17(24)12-8-11-2-1-5-19-14(11)9-12/h1-2,5,10,12-13H,3-4,6-9H2,(H,20,23)(H,21,25). The Morgan fingerprint density at radius 3 is 2.77 bits per heavy atom. The van der Waals surface area contributed by atoms with E-state index in [1.54, 1.807) is 6.20 Å². The molecule has 2 aliphatic rings. The summed E-state index contributed by atoms with van der Waals surface area (Å²) in [6, 6.07) is 3.93. The molecule has 8 nitrogen and oxygen atoms in total. The van der Waals surface area contributed by atoms with Gasteiger partial charge < -0.3 is 14.6 Å². The maximum Gasteiger partial charge on any atom is 0.416 e. The molecule has 0 spiro atoms. The zero-order chi connectivity index (χ0) is 18.1. The summed E-state index contributed by atoms with van der Waals surface area (Å²) in [6.07, 6.45) is 5.73. The van der Waals surface area contributed by atoms with Crippen molar-refractivity contribution >= 4 is 11.8 Å². The first-order valence-corrected chi connectivity index (χ1v) is 8.80. The number of likely N-dealkylation sites (tertiary alicyclic amines) is 1. The molecule has 3 heterocycles. The number of oxazole rings is 1. The van der Waals surface area contributed by atoms with Gasteiger partial charge in [-0.3, -0.25) is 19.6 Å². The number of amides is 2. The van der Waals surface area contributed by atoms with Crippen LogP contribution in [-0.2, 0) is 17.6 Å². The minimum atomic E-state index is -0.650. The minimum Gasteiger partial charge on any atom is -0.416 e. The predicted molar refractivity (Wildman–Crippen MR) is 91.5 cm³/mol. The third kappa shape index (κ3) is 3.26. The number of fused-ring (bicyclic) bond motifs is 1. The zero-order valence-corrected chi connectivity index (χ0v) is 14.2. The van der Waals surface area contributed by atoms with Crippen LogP contribution in [0.4, 0.5) is 0 Å². The van der Waals surface area contributed by atoms with Gasteiger partial charge in [-0.05, 0) is 30.9 Å². The lowest BCUT2D eigenvalue weighted by molar-refractivity contribution is -0.136. The number of carbonyl (C=O) groups excluding carboxylic acids is 2. The van der Waals surface area contributed by atoms with E-state index in [0.717, 1.165) is 18.4 Å². The molecule has 1 saturated heterocycles. The number of nitrogens with zero attached hydrogens (tertiary/aromatic N) is 2. The fourth-order valence-electron chi connectivity index (χ4n) is 3.74. The summed E-state index contributed by atoms with van der Waals surface area (Å²) in [5, 5.41) is 2.87. The number of aromatic amines is 1. The number of piperidine rings is 1. The number of nitrogens with one attached hydrogen (secondary N) is 2. The monoisotopic (exact) mass is 356 g/mol. The number of pyridine rings is 1. The first-order chi connectivity index (χ1) is 12.6. The summed E-state index contributed by atoms with van der Waals surface area (Å²) in [7, 11) is 0. The van der Waals surface area contributed by atoms with Crippen LogP contribution < -0.4 is 11.1 Å². The van der Waals surface area contributed by atoms with E-state index in [9.17, 15) is 14.4 Å². The Kier molecular flexibility index (Phi) is 4.32. The highest BCUT2D eigenvalue weighted by atomic mass is 16.4. The Bertz CT molecular complexity index is 854. The molecule has 26 heavy (non-hydrogen) atoms. The van der Waals surface area contributed by atoms with E-state index >= 15 is 0 Å². The SMILES string of the molecule is O=C(NC1CCN(C(=O)C2Cc3cccnc3C2)CC1)c1coc(=O)[nH]1. The van der Waals surface area contributed by atoms with Gasteiger partial charge in [0.15, 0.2) is 0 Å². The molecule has 0 aromatic carbocycles. The Morgan fingerprint density at radius 1 is 1.27 bits per heavy atom. The summed E-state index contributed by atoms with van der Waals surface area (Å²) >= 11 is 0. The molecule has 2 aromatic rings. The second-order valence-electron chi connectivity index (χ2n) is 6.85. The van der Waals surface area contributed by atoms with Gasteiger partial charge in [-0.25, -0.2) is 4.79 Å². The summed E-state index contributed by atoms with van der Waals surface area (Å²) in [6.45, 7) is 1.23. The van der Waals surface area contributed by atoms with Crippen molar-refractivity contribution in [2.45, 2.75) is 31.7 Å². The molecular weight excluding hydrogens is 336 g/mol. The highest BCUT2D eigenvalue weighted by Crippen LogP contribution is 2.27. The van der Waals surface area contributed by atoms with Crippen LogP contribution in [0.5, 0.6) is 0 Å². The molecular formula is C18H20N4O4. The Balaban J connectivity index is 1.29. The number of hydrogen-bond acceptors (Lipinski definition) is 5. The van der Waals surface area contributed by atoms with Crippen LogP contribution in [0.1, 0.15) is 34.6 Å². The highest BCUT2D eigenvalue weighted by Gasteiger charge is 2.33. The lowest BCUT2D eigenvalue weighted by Gasteiger charge is -2.33. The average Bonchev–Trinajstić information content (AvgIpc) is 3.28. The third-order valence-electron chi connectivity index (χ3n) is 5.15. The summed E-state index contributed by atoms with van der Waals surface area (Å²) < 4.78 is 4.58. The second-order valence-corrected chi connectivity index (χ2v) is 6.85. The van der Waals surface area contributed by atoms with Crippen LogP contribution in [0.2, 0.25) is 0 Å². The average molecular weight is 356 g/mol. The fraction of sp³-hybridized carbons (Fsp3) is 0.444. The third-order valence-corrected chi connectivity index (χ3v) is 5.15. The largest absolute Gasteiger partial charge is 0.416 e. The Hall–Kier alpha value is -2.90. The lowest BCUT2D eigenvalue weighted by Crippen LogP contribution is -2.48. The molecule has 136 valence electrons. The van der Waals surface area contributed by atoms with Crippen molar-refractivity contribution < 1.29 is 14.0 Å². The summed E-state index contributed by atoms with van der Waals surface area (Å²) in [5.41, 5.74) is 2.31. The van der Waals surface area contributed by atoms with Crippen LogP contribution >= 0.6 is 0 Å². The van der Waals surface area contributed by atoms with Crippen molar-refractivity contribution in [3.8, 4) is 0 Å². The number of carbonyl (C=O) groups is 2. The molecule has 0 radical (unpaired) electrons. The van der Waals surface area contributed by atoms with Gasteiger partial charge in [0, 0.05) is 43.4 Å².